The van der Waals surface area contributed by atoms with Crippen LogP contribution in [0.5, 0.6) is 0 Å². The number of carbonyl (C=O) groups excluding carboxylic acids is 2. The van der Waals surface area contributed by atoms with Gasteiger partial charge in [-0.25, -0.2) is 4.79 Å². The normalized spacial score (nSPS) is 10.2. The van der Waals surface area contributed by atoms with Crippen molar-refractivity contribution >= 4 is 28.4 Å². The van der Waals surface area contributed by atoms with Crippen LogP contribution >= 0.6 is 11.5 Å². The third-order valence-corrected chi connectivity index (χ3v) is 2.93. The van der Waals surface area contributed by atoms with Gasteiger partial charge in [0.2, 0.25) is 5.69 Å². The molecule has 0 aromatic carbocycles. The van der Waals surface area contributed by atoms with Gasteiger partial charge >= 0.3 is 5.97 Å². The van der Waals surface area contributed by atoms with E-state index >= 15 is 0 Å². The van der Waals surface area contributed by atoms with Crippen LogP contribution in [0, 0.1) is 6.92 Å². The Balaban J connectivity index is 2.16. The van der Waals surface area contributed by atoms with Crippen LogP contribution in [0.25, 0.3) is 0 Å². The molecule has 0 saturated carbocycles. The monoisotopic (exact) mass is 281 g/mol. The second kappa shape index (κ2) is 5.61. The first-order valence-corrected chi connectivity index (χ1v) is 6.25. The molecule has 0 bridgehead atoms. The molecule has 19 heavy (non-hydrogen) atoms. The number of esters is 1. The summed E-state index contributed by atoms with van der Waals surface area (Å²) in [6.07, 6.45) is 1.42. The number of furan rings is 1. The van der Waals surface area contributed by atoms with Gasteiger partial charge < -0.3 is 14.5 Å². The highest BCUT2D eigenvalue weighted by Gasteiger charge is 2.21. The topological polar surface area (TPSA) is 94.3 Å². The Labute approximate surface area is 112 Å². The molecule has 0 saturated heterocycles. The molecule has 2 aromatic heterocycles. The van der Waals surface area contributed by atoms with Crippen LogP contribution < -0.4 is 5.32 Å². The summed E-state index contributed by atoms with van der Waals surface area (Å²) in [5, 5.41) is 6.47. The average molecular weight is 281 g/mol. The zero-order valence-electron chi connectivity index (χ0n) is 10.3. The number of rotatable bonds is 4. The minimum Gasteiger partial charge on any atom is -0.469 e. The van der Waals surface area contributed by atoms with Crippen LogP contribution in [0.4, 0.5) is 5.00 Å². The van der Waals surface area contributed by atoms with Crippen LogP contribution in [-0.2, 0) is 4.74 Å². The summed E-state index contributed by atoms with van der Waals surface area (Å²) in [5.74, 6) is -0.508. The second-order valence-electron chi connectivity index (χ2n) is 3.52. The first kappa shape index (κ1) is 13.2. The number of hydrogen-bond donors (Lipinski definition) is 1. The third kappa shape index (κ3) is 2.79. The van der Waals surface area contributed by atoms with Gasteiger partial charge in [0, 0.05) is 11.5 Å². The van der Waals surface area contributed by atoms with E-state index in [0.717, 1.165) is 11.5 Å². The molecule has 0 aliphatic heterocycles. The number of amides is 1. The molecule has 1 N–H and O–H groups in total. The second-order valence-corrected chi connectivity index (χ2v) is 4.27. The summed E-state index contributed by atoms with van der Waals surface area (Å²) in [6.45, 7) is 3.58. The largest absolute Gasteiger partial charge is 0.469 e. The molecule has 8 heteroatoms. The fourth-order valence-corrected chi connectivity index (χ4v) is 1.95. The van der Waals surface area contributed by atoms with E-state index < -0.39 is 5.97 Å². The number of nitrogens with zero attached hydrogens (tertiary/aromatic N) is 2. The lowest BCUT2D eigenvalue weighted by molar-refractivity contribution is 0.0520. The first-order valence-electron chi connectivity index (χ1n) is 5.48. The maximum atomic E-state index is 12.0. The number of aromatic nitrogens is 2. The Hall–Kier alpha value is -2.22. The van der Waals surface area contributed by atoms with Gasteiger partial charge in [-0.3, -0.25) is 4.79 Å². The summed E-state index contributed by atoms with van der Waals surface area (Å²) < 4.78 is 13.5. The molecule has 1 amide bonds. The fourth-order valence-electron chi connectivity index (χ4n) is 1.40. The smallest absolute Gasteiger partial charge is 0.362 e. The Bertz CT molecular complexity index is 605. The zero-order chi connectivity index (χ0) is 13.8. The van der Waals surface area contributed by atoms with Crippen molar-refractivity contribution in [3.05, 3.63) is 29.3 Å². The highest BCUT2D eigenvalue weighted by molar-refractivity contribution is 7.10. The molecule has 0 spiro atoms. The van der Waals surface area contributed by atoms with Crippen molar-refractivity contribution in [2.75, 3.05) is 11.9 Å². The molecule has 0 fully saturated rings. The Kier molecular flexibility index (Phi) is 3.91. The van der Waals surface area contributed by atoms with Gasteiger partial charge in [0.15, 0.2) is 5.00 Å². The minimum atomic E-state index is -0.615. The van der Waals surface area contributed by atoms with E-state index in [1.165, 1.54) is 6.26 Å². The van der Waals surface area contributed by atoms with Crippen molar-refractivity contribution in [1.82, 2.24) is 9.59 Å². The summed E-state index contributed by atoms with van der Waals surface area (Å²) in [6, 6.07) is 1.54. The van der Waals surface area contributed by atoms with Gasteiger partial charge in [0.1, 0.15) is 5.76 Å². The number of carbonyl (C=O) groups is 2. The molecule has 7 nitrogen and oxygen atoms in total. The van der Waals surface area contributed by atoms with Crippen LogP contribution in [0.15, 0.2) is 16.7 Å². The van der Waals surface area contributed by atoms with Crippen molar-refractivity contribution in [2.45, 2.75) is 13.8 Å². The van der Waals surface area contributed by atoms with E-state index in [9.17, 15) is 9.59 Å². The van der Waals surface area contributed by atoms with Gasteiger partial charge in [-0.1, -0.05) is 4.49 Å². The van der Waals surface area contributed by atoms with E-state index in [1.807, 2.05) is 0 Å². The van der Waals surface area contributed by atoms with Crippen molar-refractivity contribution in [3.8, 4) is 0 Å². The highest BCUT2D eigenvalue weighted by atomic mass is 32.1. The van der Waals surface area contributed by atoms with Gasteiger partial charge in [-0.05, 0) is 19.9 Å². The molecule has 2 aromatic rings. The molecule has 2 heterocycles. The fraction of sp³-hybridized carbons (Fsp3) is 0.273. The molecule has 0 unspecified atom stereocenters. The molecular weight excluding hydrogens is 270 g/mol. The molecule has 0 radical (unpaired) electrons. The van der Waals surface area contributed by atoms with Crippen LogP contribution in [0.3, 0.4) is 0 Å². The maximum Gasteiger partial charge on any atom is 0.362 e. The zero-order valence-corrected chi connectivity index (χ0v) is 11.1. The van der Waals surface area contributed by atoms with Gasteiger partial charge in [0.05, 0.1) is 18.4 Å². The molecule has 0 atom stereocenters. The third-order valence-electron chi connectivity index (χ3n) is 2.29. The Morgan fingerprint density at radius 3 is 2.95 bits per heavy atom. The van der Waals surface area contributed by atoms with E-state index in [1.54, 1.807) is 19.9 Å². The summed E-state index contributed by atoms with van der Waals surface area (Å²) in [7, 11) is 0. The summed E-state index contributed by atoms with van der Waals surface area (Å²) >= 11 is 0.911. The van der Waals surface area contributed by atoms with Crippen molar-refractivity contribution < 1.29 is 18.7 Å². The van der Waals surface area contributed by atoms with Crippen LogP contribution in [0.1, 0.15) is 33.5 Å². The molecule has 2 rings (SSSR count). The van der Waals surface area contributed by atoms with Crippen LogP contribution in [-0.4, -0.2) is 28.1 Å². The Morgan fingerprint density at radius 1 is 1.53 bits per heavy atom. The predicted molar refractivity (Wildman–Crippen MR) is 67.3 cm³/mol. The van der Waals surface area contributed by atoms with Gasteiger partial charge in [-0.2, -0.15) is 0 Å². The summed E-state index contributed by atoms with van der Waals surface area (Å²) in [5.41, 5.74) is 0.393. The number of hydrogen-bond acceptors (Lipinski definition) is 7. The number of nitrogens with one attached hydrogen (secondary N) is 1. The number of anilines is 1. The summed E-state index contributed by atoms with van der Waals surface area (Å²) in [4.78, 5) is 23.5. The number of aryl methyl sites for hydroxylation is 1. The lowest BCUT2D eigenvalue weighted by Gasteiger charge is -2.03. The molecule has 100 valence electrons. The van der Waals surface area contributed by atoms with Crippen molar-refractivity contribution in [2.24, 2.45) is 0 Å². The maximum absolute atomic E-state index is 12.0. The lowest BCUT2D eigenvalue weighted by Crippen LogP contribution is -2.15. The standard InChI is InChI=1S/C11H11N3O4S/c1-3-17-11(16)8-10(19-14-13-8)12-9(15)7-4-5-18-6(7)2/h4-5H,3H2,1-2H3,(H,12,15). The molecule has 0 aliphatic carbocycles. The van der Waals surface area contributed by atoms with Gasteiger partial charge in [-0.15, -0.1) is 5.10 Å². The van der Waals surface area contributed by atoms with Gasteiger partial charge in [0.25, 0.3) is 5.91 Å². The van der Waals surface area contributed by atoms with Crippen molar-refractivity contribution in [3.63, 3.8) is 0 Å². The molecular formula is C11H11N3O4S. The van der Waals surface area contributed by atoms with E-state index in [0.29, 0.717) is 11.3 Å². The SMILES string of the molecule is CCOC(=O)c1nnsc1NC(=O)c1ccoc1C. The Morgan fingerprint density at radius 2 is 2.32 bits per heavy atom. The van der Waals surface area contributed by atoms with E-state index in [2.05, 4.69) is 14.9 Å². The highest BCUT2D eigenvalue weighted by Crippen LogP contribution is 2.20. The lowest BCUT2D eigenvalue weighted by atomic mass is 10.2. The molecule has 0 aliphatic rings. The van der Waals surface area contributed by atoms with E-state index in [-0.39, 0.29) is 23.2 Å². The van der Waals surface area contributed by atoms with Crippen LogP contribution in [0.2, 0.25) is 0 Å². The van der Waals surface area contributed by atoms with Crippen molar-refractivity contribution in [1.29, 1.82) is 0 Å². The number of ether oxygens (including phenoxy) is 1. The van der Waals surface area contributed by atoms with E-state index in [4.69, 9.17) is 9.15 Å². The quantitative estimate of drug-likeness (QED) is 0.860. The average Bonchev–Trinajstić information content (AvgIpc) is 2.98. The first-order chi connectivity index (χ1) is 9.13. The predicted octanol–water partition coefficient (Wildman–Crippen LogP) is 1.87. The minimum absolute atomic E-state index is 0.00125.